The lowest BCUT2D eigenvalue weighted by Crippen LogP contribution is -2.12. The van der Waals surface area contributed by atoms with Crippen molar-refractivity contribution in [3.8, 4) is 17.3 Å². The number of ketones is 2. The highest BCUT2D eigenvalue weighted by atomic mass is 35.5. The fourth-order valence-electron chi connectivity index (χ4n) is 4.20. The van der Waals surface area contributed by atoms with Crippen molar-refractivity contribution in [1.82, 2.24) is 4.98 Å². The maximum atomic E-state index is 13.9. The number of nitriles is 1. The van der Waals surface area contributed by atoms with Crippen LogP contribution >= 0.6 is 11.6 Å². The summed E-state index contributed by atoms with van der Waals surface area (Å²) in [6, 6.07) is 10.2. The maximum absolute atomic E-state index is 13.9. The lowest BCUT2D eigenvalue weighted by Gasteiger charge is -2.20. The molecule has 0 aliphatic carbocycles. The molecule has 0 saturated carbocycles. The van der Waals surface area contributed by atoms with E-state index < -0.39 is 11.2 Å². The molecule has 2 aromatic heterocycles. The van der Waals surface area contributed by atoms with Crippen LogP contribution in [0, 0.1) is 33.9 Å². The molecule has 0 saturated heterocycles. The number of carbonyl (C=O) groups excluding carboxylic acids is 2. The van der Waals surface area contributed by atoms with Crippen LogP contribution in [-0.4, -0.2) is 16.6 Å². The molecule has 0 spiro atoms. The molecule has 3 rings (SSSR count). The van der Waals surface area contributed by atoms with Gasteiger partial charge in [-0.15, -0.1) is 0 Å². The Kier molecular flexibility index (Phi) is 17.7. The van der Waals surface area contributed by atoms with Gasteiger partial charge in [0.15, 0.2) is 11.3 Å². The highest BCUT2D eigenvalue weighted by Gasteiger charge is 2.25. The van der Waals surface area contributed by atoms with Crippen molar-refractivity contribution >= 4 is 34.3 Å². The zero-order chi connectivity index (χ0) is 36.0. The van der Waals surface area contributed by atoms with Crippen molar-refractivity contribution in [3.63, 3.8) is 0 Å². The summed E-state index contributed by atoms with van der Waals surface area (Å²) in [5, 5.41) is 8.51. The highest BCUT2D eigenvalue weighted by molar-refractivity contribution is 6.30. The van der Waals surface area contributed by atoms with Crippen LogP contribution in [0.5, 0.6) is 0 Å². The smallest absolute Gasteiger partial charge is 0.200 e. The zero-order valence-electron chi connectivity index (χ0n) is 30.9. The molecule has 0 bridgehead atoms. The van der Waals surface area contributed by atoms with E-state index in [0.717, 1.165) is 5.56 Å². The summed E-state index contributed by atoms with van der Waals surface area (Å²) in [7, 11) is 0. The molecule has 0 unspecified atom stereocenters. The van der Waals surface area contributed by atoms with Crippen LogP contribution in [0.25, 0.3) is 22.4 Å². The van der Waals surface area contributed by atoms with E-state index in [-0.39, 0.29) is 27.9 Å². The van der Waals surface area contributed by atoms with Crippen LogP contribution in [-0.2, 0) is 10.2 Å². The summed E-state index contributed by atoms with van der Waals surface area (Å²) in [5.74, 6) is -0.361. The first-order chi connectivity index (χ1) is 21.0. The summed E-state index contributed by atoms with van der Waals surface area (Å²) >= 11 is 5.79. The third kappa shape index (κ3) is 15.5. The van der Waals surface area contributed by atoms with Gasteiger partial charge in [-0.05, 0) is 56.2 Å². The number of unbranched alkanes of at least 4 members (excludes halogenated alkanes) is 1. The Balaban J connectivity index is 0.000000829. The number of furan rings is 1. The highest BCUT2D eigenvalue weighted by Crippen LogP contribution is 2.35. The second-order valence-corrected chi connectivity index (χ2v) is 15.4. The van der Waals surface area contributed by atoms with Crippen LogP contribution in [0.1, 0.15) is 145 Å². The lowest BCUT2D eigenvalue weighted by atomic mass is 9.86. The molecular formula is C39H58ClFN2O3. The van der Waals surface area contributed by atoms with Gasteiger partial charge in [0.25, 0.3) is 0 Å². The summed E-state index contributed by atoms with van der Waals surface area (Å²) < 4.78 is 19.8. The summed E-state index contributed by atoms with van der Waals surface area (Å²) in [6.45, 7) is 28.3. The van der Waals surface area contributed by atoms with E-state index in [1.165, 1.54) is 44.7 Å². The van der Waals surface area contributed by atoms with Crippen molar-refractivity contribution < 1.29 is 18.4 Å². The monoisotopic (exact) mass is 656 g/mol. The van der Waals surface area contributed by atoms with Gasteiger partial charge >= 0.3 is 0 Å². The number of fused-ring (bicyclic) bond motifs is 1. The number of hydrogen-bond acceptors (Lipinski definition) is 5. The molecule has 3 aromatic rings. The van der Waals surface area contributed by atoms with Gasteiger partial charge in [0.2, 0.25) is 5.78 Å². The van der Waals surface area contributed by atoms with Crippen LogP contribution in [0.3, 0.4) is 0 Å². The van der Waals surface area contributed by atoms with E-state index in [1.54, 1.807) is 26.0 Å². The number of carbonyl (C=O) groups is 2. The van der Waals surface area contributed by atoms with Gasteiger partial charge in [0, 0.05) is 29.5 Å². The summed E-state index contributed by atoms with van der Waals surface area (Å²) in [5.41, 5.74) is 3.17. The number of Topliss-reactive ketones (excluding diaryl/α,β-unsaturated/α-hetero) is 2. The topological polar surface area (TPSA) is 84.0 Å². The molecule has 0 aliphatic heterocycles. The first-order valence-corrected chi connectivity index (χ1v) is 16.8. The quantitative estimate of drug-likeness (QED) is 0.236. The normalized spacial score (nSPS) is 11.4. The Morgan fingerprint density at radius 3 is 1.87 bits per heavy atom. The third-order valence-electron chi connectivity index (χ3n) is 6.76. The molecule has 0 radical (unpaired) electrons. The molecule has 0 fully saturated rings. The van der Waals surface area contributed by atoms with E-state index in [0.29, 0.717) is 40.0 Å². The van der Waals surface area contributed by atoms with Gasteiger partial charge < -0.3 is 4.42 Å². The lowest BCUT2D eigenvalue weighted by molar-refractivity contribution is -0.118. The molecule has 256 valence electrons. The second-order valence-electron chi connectivity index (χ2n) is 15.0. The standard InChI is InChI=1S/C21H21ClFNO2.C7H11NO.C7H16.C4H10/c1-11(2)19(25)18-10-17-20(26-18)13(21(3,4)5)9-16(24-17)12-6-7-14(22)15(23)8-12;1-6(9)4-7(2,3)5-8;1-5-6-7(2,3)4;1-3-4-2/h6-11H,1-5H3;4H2,1-3H3;5-6H2,1-4H3;3-4H2,1-2H3. The Hall–Kier alpha value is -3.04. The Labute approximate surface area is 283 Å². The molecule has 0 N–H and O–H groups in total. The number of rotatable bonds is 7. The van der Waals surface area contributed by atoms with E-state index in [4.69, 9.17) is 21.3 Å². The van der Waals surface area contributed by atoms with Gasteiger partial charge in [0.05, 0.1) is 22.2 Å². The van der Waals surface area contributed by atoms with Crippen LogP contribution in [0.15, 0.2) is 34.7 Å². The van der Waals surface area contributed by atoms with E-state index in [1.807, 2.05) is 19.9 Å². The Bertz CT molecular complexity index is 1450. The molecule has 7 heteroatoms. The molecule has 0 atom stereocenters. The number of halogens is 2. The number of hydrogen-bond donors (Lipinski definition) is 0. The average Bonchev–Trinajstić information content (AvgIpc) is 3.36. The van der Waals surface area contributed by atoms with Crippen molar-refractivity contribution in [2.24, 2.45) is 16.7 Å². The predicted molar refractivity (Wildman–Crippen MR) is 192 cm³/mol. The zero-order valence-corrected chi connectivity index (χ0v) is 31.6. The molecule has 2 heterocycles. The van der Waals surface area contributed by atoms with Gasteiger partial charge in [-0.3, -0.25) is 9.59 Å². The van der Waals surface area contributed by atoms with Crippen LogP contribution < -0.4 is 0 Å². The van der Waals surface area contributed by atoms with Crippen molar-refractivity contribution in [2.45, 2.75) is 134 Å². The van der Waals surface area contributed by atoms with Gasteiger partial charge in [-0.1, -0.05) is 113 Å². The van der Waals surface area contributed by atoms with Crippen LogP contribution in [0.2, 0.25) is 5.02 Å². The average molecular weight is 657 g/mol. The molecule has 46 heavy (non-hydrogen) atoms. The van der Waals surface area contributed by atoms with E-state index in [9.17, 15) is 14.0 Å². The molecule has 0 amide bonds. The van der Waals surface area contributed by atoms with Crippen LogP contribution in [0.4, 0.5) is 4.39 Å². The Morgan fingerprint density at radius 2 is 1.52 bits per heavy atom. The van der Waals surface area contributed by atoms with E-state index in [2.05, 4.69) is 73.4 Å². The number of aromatic nitrogens is 1. The van der Waals surface area contributed by atoms with Crippen molar-refractivity contribution in [1.29, 1.82) is 5.26 Å². The van der Waals surface area contributed by atoms with Gasteiger partial charge in [-0.2, -0.15) is 5.26 Å². The van der Waals surface area contributed by atoms with Crippen molar-refractivity contribution in [2.75, 3.05) is 0 Å². The van der Waals surface area contributed by atoms with Crippen molar-refractivity contribution in [3.05, 3.63) is 52.5 Å². The minimum Gasteiger partial charge on any atom is -0.451 e. The predicted octanol–water partition coefficient (Wildman–Crippen LogP) is 12.6. The second kappa shape index (κ2) is 18.9. The van der Waals surface area contributed by atoms with Gasteiger partial charge in [-0.25, -0.2) is 9.37 Å². The third-order valence-corrected chi connectivity index (χ3v) is 7.07. The first-order valence-electron chi connectivity index (χ1n) is 16.4. The number of pyridine rings is 1. The summed E-state index contributed by atoms with van der Waals surface area (Å²) in [4.78, 5) is 27.4. The molecule has 1 aromatic carbocycles. The largest absolute Gasteiger partial charge is 0.451 e. The minimum atomic E-state index is -0.494. The molecule has 5 nitrogen and oxygen atoms in total. The fourth-order valence-corrected chi connectivity index (χ4v) is 4.32. The first kappa shape index (κ1) is 43.0. The van der Waals surface area contributed by atoms with E-state index >= 15 is 0 Å². The van der Waals surface area contributed by atoms with Gasteiger partial charge in [0.1, 0.15) is 17.1 Å². The molecule has 0 aliphatic rings. The SMILES string of the molecule is CC(=O)CC(C)(C)C#N.CC(C)C(=O)c1cc2nc(-c3ccc(Cl)c(F)c3)cc(C(C)(C)C)c2o1.CCCC.CCCC(C)(C)C. The molecular weight excluding hydrogens is 599 g/mol. The maximum Gasteiger partial charge on any atom is 0.200 e. The Morgan fingerprint density at radius 1 is 0.957 bits per heavy atom. The number of nitrogens with zero attached hydrogens (tertiary/aromatic N) is 2. The number of benzene rings is 1. The fraction of sp³-hybridized carbons (Fsp3) is 0.590. The minimum absolute atomic E-state index is 0.0676. The summed E-state index contributed by atoms with van der Waals surface area (Å²) in [6.07, 6.45) is 5.64.